The van der Waals surface area contributed by atoms with Crippen LogP contribution in [0.4, 0.5) is 0 Å². The highest BCUT2D eigenvalue weighted by Gasteiger charge is 2.14. The molecule has 1 unspecified atom stereocenters. The lowest BCUT2D eigenvalue weighted by Crippen LogP contribution is -2.07. The van der Waals surface area contributed by atoms with Gasteiger partial charge in [0.15, 0.2) is 0 Å². The molecule has 1 atom stereocenters. The van der Waals surface area contributed by atoms with Crippen molar-refractivity contribution in [1.82, 2.24) is 9.78 Å². The topological polar surface area (TPSA) is 38.0 Å². The fourth-order valence-corrected chi connectivity index (χ4v) is 2.15. The van der Waals surface area contributed by atoms with E-state index in [-0.39, 0.29) is 0 Å². The Labute approximate surface area is 90.4 Å². The molecule has 1 aliphatic rings. The van der Waals surface area contributed by atoms with Crippen LogP contribution in [-0.4, -0.2) is 14.9 Å². The van der Waals surface area contributed by atoms with Crippen LogP contribution in [0.2, 0.25) is 0 Å². The van der Waals surface area contributed by atoms with Gasteiger partial charge >= 0.3 is 0 Å². The van der Waals surface area contributed by atoms with E-state index in [1.54, 1.807) is 10.9 Å². The number of aryl methyl sites for hydroxylation is 1. The number of hydrogen-bond donors (Lipinski definition) is 1. The molecule has 0 fully saturated rings. The fourth-order valence-electron chi connectivity index (χ4n) is 2.15. The molecule has 0 saturated heterocycles. The van der Waals surface area contributed by atoms with Crippen molar-refractivity contribution in [2.24, 2.45) is 7.05 Å². The monoisotopic (exact) mass is 206 g/mol. The number of aromatic nitrogens is 2. The molecule has 0 saturated carbocycles. The van der Waals surface area contributed by atoms with Crippen LogP contribution in [0.1, 0.15) is 43.9 Å². The third kappa shape index (κ3) is 2.48. The Morgan fingerprint density at radius 2 is 2.40 bits per heavy atom. The van der Waals surface area contributed by atoms with Crippen LogP contribution in [-0.2, 0) is 7.05 Å². The standard InChI is InChI=1S/C12H18N2O/c1-14-11(7-8-13-14)12(15)9-10-5-3-2-4-6-10/h5,7-8,12,15H,2-4,6,9H2,1H3. The normalized spacial score (nSPS) is 18.7. The van der Waals surface area contributed by atoms with Crippen LogP contribution >= 0.6 is 0 Å². The molecule has 0 bridgehead atoms. The van der Waals surface area contributed by atoms with Gasteiger partial charge in [0, 0.05) is 13.2 Å². The molecule has 0 aromatic carbocycles. The zero-order valence-electron chi connectivity index (χ0n) is 9.19. The summed E-state index contributed by atoms with van der Waals surface area (Å²) in [4.78, 5) is 0. The lowest BCUT2D eigenvalue weighted by molar-refractivity contribution is 0.166. The van der Waals surface area contributed by atoms with E-state index < -0.39 is 6.10 Å². The third-order valence-electron chi connectivity index (χ3n) is 3.04. The Hall–Kier alpha value is -1.09. The van der Waals surface area contributed by atoms with Crippen LogP contribution in [0.25, 0.3) is 0 Å². The molecular formula is C12H18N2O. The maximum atomic E-state index is 10.0. The molecule has 3 heteroatoms. The predicted molar refractivity (Wildman–Crippen MR) is 59.3 cm³/mol. The SMILES string of the molecule is Cn1nccc1C(O)CC1=CCCCC1. The molecule has 1 heterocycles. The molecule has 2 rings (SSSR count). The highest BCUT2D eigenvalue weighted by Crippen LogP contribution is 2.26. The van der Waals surface area contributed by atoms with E-state index in [2.05, 4.69) is 11.2 Å². The maximum Gasteiger partial charge on any atom is 0.0993 e. The average Bonchev–Trinajstić information content (AvgIpc) is 2.66. The van der Waals surface area contributed by atoms with Crippen molar-refractivity contribution in [1.29, 1.82) is 0 Å². The van der Waals surface area contributed by atoms with E-state index in [1.807, 2.05) is 13.1 Å². The Morgan fingerprint density at radius 3 is 3.00 bits per heavy atom. The van der Waals surface area contributed by atoms with Gasteiger partial charge in [-0.15, -0.1) is 0 Å². The van der Waals surface area contributed by atoms with Gasteiger partial charge in [-0.3, -0.25) is 4.68 Å². The molecule has 15 heavy (non-hydrogen) atoms. The minimum absolute atomic E-state index is 0.401. The lowest BCUT2D eigenvalue weighted by atomic mass is 9.94. The largest absolute Gasteiger partial charge is 0.386 e. The first kappa shape index (κ1) is 10.4. The molecule has 3 nitrogen and oxygen atoms in total. The number of aliphatic hydroxyl groups is 1. The second kappa shape index (κ2) is 4.62. The molecule has 0 spiro atoms. The molecule has 1 aliphatic carbocycles. The Balaban J connectivity index is 2.00. The highest BCUT2D eigenvalue weighted by atomic mass is 16.3. The summed E-state index contributed by atoms with van der Waals surface area (Å²) in [5.74, 6) is 0. The summed E-state index contributed by atoms with van der Waals surface area (Å²) >= 11 is 0. The first-order valence-corrected chi connectivity index (χ1v) is 5.61. The molecule has 1 aromatic heterocycles. The number of aliphatic hydroxyl groups excluding tert-OH is 1. The van der Waals surface area contributed by atoms with Crippen molar-refractivity contribution in [3.05, 3.63) is 29.6 Å². The van der Waals surface area contributed by atoms with Crippen molar-refractivity contribution >= 4 is 0 Å². The van der Waals surface area contributed by atoms with E-state index >= 15 is 0 Å². The van der Waals surface area contributed by atoms with Crippen LogP contribution in [0.3, 0.4) is 0 Å². The number of hydrogen-bond acceptors (Lipinski definition) is 2. The zero-order chi connectivity index (χ0) is 10.7. The van der Waals surface area contributed by atoms with Crippen molar-refractivity contribution in [3.63, 3.8) is 0 Å². The quantitative estimate of drug-likeness (QED) is 0.771. The van der Waals surface area contributed by atoms with Gasteiger partial charge in [-0.2, -0.15) is 5.10 Å². The van der Waals surface area contributed by atoms with Crippen LogP contribution < -0.4 is 0 Å². The molecule has 0 aliphatic heterocycles. The van der Waals surface area contributed by atoms with Crippen LogP contribution in [0.5, 0.6) is 0 Å². The van der Waals surface area contributed by atoms with Crippen molar-refractivity contribution in [2.45, 2.75) is 38.2 Å². The Kier molecular flexibility index (Phi) is 3.21. The van der Waals surface area contributed by atoms with Gasteiger partial charge in [0.2, 0.25) is 0 Å². The van der Waals surface area contributed by atoms with Crippen LogP contribution in [0.15, 0.2) is 23.9 Å². The summed E-state index contributed by atoms with van der Waals surface area (Å²) in [5.41, 5.74) is 2.30. The molecular weight excluding hydrogens is 188 g/mol. The first-order valence-electron chi connectivity index (χ1n) is 5.61. The summed E-state index contributed by atoms with van der Waals surface area (Å²) < 4.78 is 1.74. The van der Waals surface area contributed by atoms with Gasteiger partial charge in [-0.05, 0) is 38.2 Å². The minimum Gasteiger partial charge on any atom is -0.386 e. The van der Waals surface area contributed by atoms with Crippen molar-refractivity contribution < 1.29 is 5.11 Å². The van der Waals surface area contributed by atoms with Crippen molar-refractivity contribution in [3.8, 4) is 0 Å². The third-order valence-corrected chi connectivity index (χ3v) is 3.04. The molecule has 1 aromatic rings. The Morgan fingerprint density at radius 1 is 1.53 bits per heavy atom. The first-order chi connectivity index (χ1) is 7.27. The number of allylic oxidation sites excluding steroid dienone is 1. The summed E-state index contributed by atoms with van der Waals surface area (Å²) in [6.45, 7) is 0. The lowest BCUT2D eigenvalue weighted by Gasteiger charge is -2.16. The van der Waals surface area contributed by atoms with Gasteiger partial charge in [0.25, 0.3) is 0 Å². The maximum absolute atomic E-state index is 10.0. The zero-order valence-corrected chi connectivity index (χ0v) is 9.19. The Bertz CT molecular complexity index is 354. The minimum atomic E-state index is -0.401. The van der Waals surface area contributed by atoms with Crippen molar-refractivity contribution in [2.75, 3.05) is 0 Å². The average molecular weight is 206 g/mol. The predicted octanol–water partition coefficient (Wildman–Crippen LogP) is 2.34. The van der Waals surface area contributed by atoms with E-state index in [0.29, 0.717) is 0 Å². The van der Waals surface area contributed by atoms with Gasteiger partial charge < -0.3 is 5.11 Å². The van der Waals surface area contributed by atoms with E-state index in [1.165, 1.54) is 24.8 Å². The van der Waals surface area contributed by atoms with Gasteiger partial charge in [-0.1, -0.05) is 11.6 Å². The summed E-state index contributed by atoms with van der Waals surface area (Å²) in [6.07, 6.45) is 9.26. The molecule has 0 radical (unpaired) electrons. The van der Waals surface area contributed by atoms with E-state index in [4.69, 9.17) is 0 Å². The highest BCUT2D eigenvalue weighted by molar-refractivity contribution is 5.12. The van der Waals surface area contributed by atoms with Gasteiger partial charge in [-0.25, -0.2) is 0 Å². The molecule has 1 N–H and O–H groups in total. The second-order valence-corrected chi connectivity index (χ2v) is 4.21. The fraction of sp³-hybridized carbons (Fsp3) is 0.583. The van der Waals surface area contributed by atoms with Crippen LogP contribution in [0, 0.1) is 0 Å². The number of nitrogens with zero attached hydrogens (tertiary/aromatic N) is 2. The molecule has 0 amide bonds. The van der Waals surface area contributed by atoms with Gasteiger partial charge in [0.1, 0.15) is 0 Å². The summed E-state index contributed by atoms with van der Waals surface area (Å²) in [5, 5.41) is 14.1. The molecule has 82 valence electrons. The van der Waals surface area contributed by atoms with Gasteiger partial charge in [0.05, 0.1) is 11.8 Å². The smallest absolute Gasteiger partial charge is 0.0993 e. The summed E-state index contributed by atoms with van der Waals surface area (Å²) in [7, 11) is 1.87. The number of rotatable bonds is 3. The van der Waals surface area contributed by atoms with E-state index in [9.17, 15) is 5.11 Å². The summed E-state index contributed by atoms with van der Waals surface area (Å²) in [6, 6.07) is 1.88. The second-order valence-electron chi connectivity index (χ2n) is 4.21. The van der Waals surface area contributed by atoms with E-state index in [0.717, 1.165) is 18.5 Å².